The predicted molar refractivity (Wildman–Crippen MR) is 134 cm³/mol. The maximum absolute atomic E-state index is 4.07. The molecule has 10 heterocycles. The zero-order valence-electron chi connectivity index (χ0n) is 22.5. The normalized spacial score (nSPS) is 83.0. The van der Waals surface area contributed by atoms with E-state index in [2.05, 4.69) is 48.5 Å². The van der Waals surface area contributed by atoms with Crippen molar-refractivity contribution in [3.63, 3.8) is 0 Å². The Hall–Kier alpha value is 0.519. The van der Waals surface area contributed by atoms with Gasteiger partial charge < -0.3 is 0 Å². The molecule has 0 aromatic rings. The number of hydrogen-bond acceptors (Lipinski definition) is 0. The van der Waals surface area contributed by atoms with Gasteiger partial charge in [0.05, 0.1) is 0 Å². The molecule has 10 fully saturated rings. The average molecular weight is 481 g/mol. The molecule has 10 aliphatic heterocycles. The molecule has 1 spiro atoms. The van der Waals surface area contributed by atoms with Crippen LogP contribution in [0.5, 0.6) is 0 Å². The molecule has 0 bridgehead atoms. The molecule has 0 amide bonds. The van der Waals surface area contributed by atoms with E-state index in [-0.39, 0.29) is 0 Å². The Bertz CT molecular complexity index is 1280. The first-order chi connectivity index (χ1) is 15.3. The second-order valence-electron chi connectivity index (χ2n) is 16.4. The van der Waals surface area contributed by atoms with Crippen LogP contribution in [0.1, 0.15) is 138 Å². The first-order valence-corrected chi connectivity index (χ1v) is 21.3. The second-order valence-corrected chi connectivity index (χ2v) is 38.8. The third-order valence-electron chi connectivity index (χ3n) is 22.1. The van der Waals surface area contributed by atoms with Crippen molar-refractivity contribution in [3.8, 4) is 0 Å². The van der Waals surface area contributed by atoms with Crippen molar-refractivity contribution in [2.24, 2.45) is 0 Å². The van der Waals surface area contributed by atoms with Crippen molar-refractivity contribution >= 4 is 0 Å². The summed E-state index contributed by atoms with van der Waals surface area (Å²) in [6, 6.07) is 0. The van der Waals surface area contributed by atoms with Crippen molar-refractivity contribution in [1.82, 2.24) is 0 Å². The molecule has 0 aromatic heterocycles. The minimum absolute atomic E-state index is 0.990. The molecule has 10 aliphatic rings. The predicted octanol–water partition coefficient (Wildman–Crippen LogP) is 11.6. The maximum atomic E-state index is 2.61. The van der Waals surface area contributed by atoms with Crippen LogP contribution in [0.4, 0.5) is 0 Å². The molecular formula is C31H52Fe. The van der Waals surface area contributed by atoms with E-state index in [9.17, 15) is 0 Å². The first kappa shape index (κ1) is 18.7. The van der Waals surface area contributed by atoms with Crippen molar-refractivity contribution in [3.05, 3.63) is 0 Å². The van der Waals surface area contributed by atoms with Gasteiger partial charge in [0.1, 0.15) is 0 Å². The third kappa shape index (κ3) is 0.253. The summed E-state index contributed by atoms with van der Waals surface area (Å²) in [5.74, 6) is 0. The van der Waals surface area contributed by atoms with Crippen LogP contribution in [0.2, 0.25) is 44.6 Å². The number of fused-ring (bicyclic) bond motifs is 10. The van der Waals surface area contributed by atoms with Gasteiger partial charge in [-0.2, -0.15) is 0 Å². The fourth-order valence-electron chi connectivity index (χ4n) is 29.2. The standard InChI is InChI=1S/C17H29.C14H23.Fe/c1-5-9-14-13-15(10-6-2)17(12-8-4)16(14)11-7-3;1-4-7-12-10-11-13(8-5-2)14(12)9-6-3;/h13H,5-12H2,1-4H3;10-11H,4-9H2,1-3H3;. The molecule has 0 nitrogen and oxygen atoms in total. The zero-order valence-corrected chi connectivity index (χ0v) is 23.6. The fraction of sp³-hybridized carbons (Fsp3) is 1.00. The molecule has 10 rings (SSSR count). The molecule has 8 atom stereocenters. The molecule has 0 radical (unpaired) electrons. The van der Waals surface area contributed by atoms with E-state index < -0.39 is 6.51 Å². The summed E-state index contributed by atoms with van der Waals surface area (Å²) in [5.41, 5.74) is 0. The van der Waals surface area contributed by atoms with E-state index >= 15 is 0 Å². The van der Waals surface area contributed by atoms with Gasteiger partial charge in [0.25, 0.3) is 0 Å². The molecule has 1 heteroatoms. The zero-order chi connectivity index (χ0) is 22.4. The number of hydrogen-bond donors (Lipinski definition) is 0. The summed E-state index contributed by atoms with van der Waals surface area (Å²) in [7, 11) is 0. The molecular weight excluding hydrogens is 428 g/mol. The van der Waals surface area contributed by atoms with Crippen LogP contribution in [0.3, 0.4) is 0 Å². The van der Waals surface area contributed by atoms with E-state index in [0.29, 0.717) is 0 Å². The van der Waals surface area contributed by atoms with Crippen LogP contribution in [0, 0.1) is 0 Å². The molecule has 0 N–H and O–H groups in total. The Morgan fingerprint density at radius 1 is 0.406 bits per heavy atom. The van der Waals surface area contributed by atoms with E-state index in [0.717, 1.165) is 30.2 Å². The van der Waals surface area contributed by atoms with Crippen LogP contribution in [-0.4, -0.2) is 0 Å². The Kier molecular flexibility index (Phi) is 1.41. The molecule has 0 saturated carbocycles. The summed E-state index contributed by atoms with van der Waals surface area (Å²) in [6.45, 7) is 14.2. The van der Waals surface area contributed by atoms with Crippen molar-refractivity contribution < 1.29 is 6.51 Å². The second kappa shape index (κ2) is 2.40. The first-order valence-electron chi connectivity index (χ1n) is 15.5. The molecule has 8 unspecified atom stereocenters. The van der Waals surface area contributed by atoms with Gasteiger partial charge in [0, 0.05) is 0 Å². The van der Waals surface area contributed by atoms with Gasteiger partial charge in [0.15, 0.2) is 0 Å². The van der Waals surface area contributed by atoms with E-state index in [1.54, 1.807) is 44.9 Å². The number of rotatable bonds is 14. The van der Waals surface area contributed by atoms with E-state index in [1.165, 1.54) is 59.4 Å². The van der Waals surface area contributed by atoms with Gasteiger partial charge in [-0.25, -0.2) is 0 Å². The van der Waals surface area contributed by atoms with Crippen LogP contribution in [0.25, 0.3) is 0 Å². The quantitative estimate of drug-likeness (QED) is 0.217. The van der Waals surface area contributed by atoms with Crippen LogP contribution in [-0.2, 0) is 6.51 Å². The Morgan fingerprint density at radius 2 is 0.719 bits per heavy atom. The fourth-order valence-corrected chi connectivity index (χ4v) is 123. The van der Waals surface area contributed by atoms with Gasteiger partial charge in [-0.15, -0.1) is 0 Å². The van der Waals surface area contributed by atoms with Gasteiger partial charge in [-0.1, -0.05) is 0 Å². The monoisotopic (exact) mass is 480 g/mol. The summed E-state index contributed by atoms with van der Waals surface area (Å²) in [6.07, 6.45) is 22.7. The summed E-state index contributed by atoms with van der Waals surface area (Å²) in [5, 5.41) is 0. The summed E-state index contributed by atoms with van der Waals surface area (Å²) >= 11 is 0. The molecule has 0 aliphatic carbocycles. The molecule has 184 valence electrons. The van der Waals surface area contributed by atoms with E-state index in [1.807, 2.05) is 0 Å². The Morgan fingerprint density at radius 3 is 1.06 bits per heavy atom. The minimum atomic E-state index is -4.07. The third-order valence-corrected chi connectivity index (χ3v) is 71.2. The van der Waals surface area contributed by atoms with Crippen molar-refractivity contribution in [2.75, 3.05) is 0 Å². The summed E-state index contributed by atoms with van der Waals surface area (Å²) in [4.78, 5) is 4.19. The molecule has 10 saturated heterocycles. The van der Waals surface area contributed by atoms with Gasteiger partial charge in [-0.05, 0) is 0 Å². The van der Waals surface area contributed by atoms with Crippen LogP contribution in [0.15, 0.2) is 0 Å². The van der Waals surface area contributed by atoms with E-state index in [4.69, 9.17) is 0 Å². The Balaban J connectivity index is 1.47. The molecule has 0 aromatic carbocycles. The van der Waals surface area contributed by atoms with Gasteiger partial charge in [0.2, 0.25) is 0 Å². The summed E-state index contributed by atoms with van der Waals surface area (Å²) < 4.78 is 6.99. The van der Waals surface area contributed by atoms with Crippen molar-refractivity contribution in [2.45, 2.75) is 183 Å². The van der Waals surface area contributed by atoms with Crippen molar-refractivity contribution in [1.29, 1.82) is 0 Å². The average Bonchev–Trinajstić information content (AvgIpc) is 3.73. The molecule has 32 heavy (non-hydrogen) atoms. The topological polar surface area (TPSA) is 0 Å². The van der Waals surface area contributed by atoms with Crippen LogP contribution < -0.4 is 0 Å². The SMILES string of the molecule is CCC[C]12[CH]3[CH]4[C]5(CCC)[C]1(CCC)[Fe]34251678[CH]2[C]1(CCC)[C]6(CCC)[C]7(CCC)[C]28CCC. The van der Waals surface area contributed by atoms with Gasteiger partial charge >= 0.3 is 190 Å². The Labute approximate surface area is 189 Å². The van der Waals surface area contributed by atoms with Crippen LogP contribution >= 0.6 is 0 Å². The van der Waals surface area contributed by atoms with Gasteiger partial charge in [-0.3, -0.25) is 0 Å².